The van der Waals surface area contributed by atoms with Crippen LogP contribution in [-0.4, -0.2) is 21.9 Å². The summed E-state index contributed by atoms with van der Waals surface area (Å²) in [7, 11) is 2.06. The molecular weight excluding hydrogens is 234 g/mol. The Kier molecular flexibility index (Phi) is 5.19. The molecule has 1 aromatic rings. The van der Waals surface area contributed by atoms with E-state index >= 15 is 0 Å². The molecule has 1 unspecified atom stereocenters. The summed E-state index contributed by atoms with van der Waals surface area (Å²) in [6, 6.07) is 2.25. The van der Waals surface area contributed by atoms with Gasteiger partial charge in [-0.25, -0.2) is 0 Å². The second-order valence-corrected chi connectivity index (χ2v) is 7.05. The fourth-order valence-electron chi connectivity index (χ4n) is 2.14. The smallest absolute Gasteiger partial charge is 0.0624 e. The molecule has 1 N–H and O–H groups in total. The first-order valence-electron chi connectivity index (χ1n) is 7.46. The van der Waals surface area contributed by atoms with Crippen LogP contribution in [0.5, 0.6) is 0 Å². The molecule has 0 saturated carbocycles. The minimum absolute atomic E-state index is 0.178. The van der Waals surface area contributed by atoms with Crippen LogP contribution in [0.25, 0.3) is 0 Å². The summed E-state index contributed by atoms with van der Waals surface area (Å²) in [5.41, 5.74) is 3.00. The minimum Gasteiger partial charge on any atom is -0.312 e. The summed E-state index contributed by atoms with van der Waals surface area (Å²) in [5, 5.41) is 8.20. The van der Waals surface area contributed by atoms with E-state index in [1.165, 1.54) is 17.8 Å². The average Bonchev–Trinajstić information content (AvgIpc) is 2.67. The van der Waals surface area contributed by atoms with Gasteiger partial charge in [0.05, 0.1) is 5.69 Å². The lowest BCUT2D eigenvalue weighted by atomic mass is 9.82. The van der Waals surface area contributed by atoms with Gasteiger partial charge in [0.25, 0.3) is 0 Å². The highest BCUT2D eigenvalue weighted by atomic mass is 15.3. The van der Waals surface area contributed by atoms with Crippen LogP contribution >= 0.6 is 0 Å². The Morgan fingerprint density at radius 3 is 2.26 bits per heavy atom. The number of aryl methyl sites for hydroxylation is 2. The first-order chi connectivity index (χ1) is 8.69. The minimum atomic E-state index is 0.178. The van der Waals surface area contributed by atoms with Gasteiger partial charge in [0, 0.05) is 24.8 Å². The van der Waals surface area contributed by atoms with Crippen molar-refractivity contribution in [3.05, 3.63) is 17.5 Å². The molecule has 3 nitrogen and oxygen atoms in total. The van der Waals surface area contributed by atoms with Crippen molar-refractivity contribution in [1.29, 1.82) is 0 Å². The SMILES string of the molecule is CCc1cc(CC(C)(CC)CNC(C)(C)C)n(C)n1. The van der Waals surface area contributed by atoms with E-state index in [2.05, 4.69) is 65.1 Å². The van der Waals surface area contributed by atoms with Crippen molar-refractivity contribution in [2.75, 3.05) is 6.54 Å². The highest BCUT2D eigenvalue weighted by Crippen LogP contribution is 2.26. The summed E-state index contributed by atoms with van der Waals surface area (Å²) in [6.45, 7) is 14.5. The largest absolute Gasteiger partial charge is 0.312 e. The molecule has 0 aliphatic carbocycles. The fourth-order valence-corrected chi connectivity index (χ4v) is 2.14. The van der Waals surface area contributed by atoms with Crippen molar-refractivity contribution in [3.63, 3.8) is 0 Å². The summed E-state index contributed by atoms with van der Waals surface area (Å²) < 4.78 is 2.05. The molecule has 1 rings (SSSR count). The van der Waals surface area contributed by atoms with E-state index in [0.29, 0.717) is 0 Å². The molecule has 0 amide bonds. The summed E-state index contributed by atoms with van der Waals surface area (Å²) >= 11 is 0. The predicted molar refractivity (Wildman–Crippen MR) is 82.4 cm³/mol. The lowest BCUT2D eigenvalue weighted by molar-refractivity contribution is 0.250. The third-order valence-corrected chi connectivity index (χ3v) is 3.90. The molecule has 0 bridgehead atoms. The van der Waals surface area contributed by atoms with E-state index in [-0.39, 0.29) is 11.0 Å². The van der Waals surface area contributed by atoms with Crippen molar-refractivity contribution in [2.24, 2.45) is 12.5 Å². The molecule has 0 aromatic carbocycles. The summed E-state index contributed by atoms with van der Waals surface area (Å²) in [5.74, 6) is 0. The van der Waals surface area contributed by atoms with E-state index in [1.807, 2.05) is 4.68 Å². The zero-order chi connectivity index (χ0) is 14.7. The van der Waals surface area contributed by atoms with E-state index in [4.69, 9.17) is 0 Å². The Balaban J connectivity index is 2.76. The molecule has 110 valence electrons. The molecule has 0 saturated heterocycles. The predicted octanol–water partition coefficient (Wildman–Crippen LogP) is 3.33. The topological polar surface area (TPSA) is 29.9 Å². The van der Waals surface area contributed by atoms with Gasteiger partial charge in [-0.05, 0) is 51.5 Å². The quantitative estimate of drug-likeness (QED) is 0.855. The van der Waals surface area contributed by atoms with Gasteiger partial charge in [0.15, 0.2) is 0 Å². The van der Waals surface area contributed by atoms with Crippen LogP contribution in [0, 0.1) is 5.41 Å². The molecule has 0 spiro atoms. The van der Waals surface area contributed by atoms with Crippen LogP contribution in [0.1, 0.15) is 59.4 Å². The second-order valence-electron chi connectivity index (χ2n) is 7.05. The van der Waals surface area contributed by atoms with Crippen LogP contribution in [-0.2, 0) is 19.9 Å². The molecule has 3 heteroatoms. The van der Waals surface area contributed by atoms with Crippen molar-refractivity contribution >= 4 is 0 Å². The molecule has 1 heterocycles. The highest BCUT2D eigenvalue weighted by molar-refractivity contribution is 5.12. The van der Waals surface area contributed by atoms with Gasteiger partial charge >= 0.3 is 0 Å². The monoisotopic (exact) mass is 265 g/mol. The number of hydrogen-bond acceptors (Lipinski definition) is 2. The maximum atomic E-state index is 4.55. The normalized spacial score (nSPS) is 15.5. The van der Waals surface area contributed by atoms with Crippen LogP contribution in [0.4, 0.5) is 0 Å². The Morgan fingerprint density at radius 2 is 1.84 bits per heavy atom. The van der Waals surface area contributed by atoms with Gasteiger partial charge < -0.3 is 5.32 Å². The highest BCUT2D eigenvalue weighted by Gasteiger charge is 2.26. The molecule has 1 atom stereocenters. The number of hydrogen-bond donors (Lipinski definition) is 1. The van der Waals surface area contributed by atoms with Crippen LogP contribution in [0.15, 0.2) is 6.07 Å². The number of nitrogens with zero attached hydrogens (tertiary/aromatic N) is 2. The van der Waals surface area contributed by atoms with Gasteiger partial charge in [-0.2, -0.15) is 5.10 Å². The molecule has 19 heavy (non-hydrogen) atoms. The fraction of sp³-hybridized carbons (Fsp3) is 0.812. The van der Waals surface area contributed by atoms with Crippen LogP contribution in [0.3, 0.4) is 0 Å². The molecule has 0 radical (unpaired) electrons. The zero-order valence-electron chi connectivity index (χ0n) is 13.8. The van der Waals surface area contributed by atoms with E-state index < -0.39 is 0 Å². The van der Waals surface area contributed by atoms with Gasteiger partial charge in [0.1, 0.15) is 0 Å². The molecular formula is C16H31N3. The maximum Gasteiger partial charge on any atom is 0.0624 e. The lowest BCUT2D eigenvalue weighted by Crippen LogP contribution is -2.43. The summed E-state index contributed by atoms with van der Waals surface area (Å²) in [4.78, 5) is 0. The standard InChI is InChI=1S/C16H31N3/c1-8-13-10-14(19(7)18-13)11-16(6,9-2)12-17-15(3,4)5/h10,17H,8-9,11-12H2,1-7H3. The van der Waals surface area contributed by atoms with Crippen molar-refractivity contribution < 1.29 is 0 Å². The second kappa shape index (κ2) is 6.08. The number of aromatic nitrogens is 2. The number of nitrogens with one attached hydrogen (secondary N) is 1. The zero-order valence-corrected chi connectivity index (χ0v) is 13.8. The van der Waals surface area contributed by atoms with Gasteiger partial charge in [-0.15, -0.1) is 0 Å². The van der Waals surface area contributed by atoms with Crippen LogP contribution < -0.4 is 5.32 Å². The van der Waals surface area contributed by atoms with Gasteiger partial charge in [0.2, 0.25) is 0 Å². The molecule has 1 aromatic heterocycles. The third kappa shape index (κ3) is 4.98. The molecule has 0 aliphatic rings. The number of rotatable bonds is 6. The maximum absolute atomic E-state index is 4.55. The summed E-state index contributed by atoms with van der Waals surface area (Å²) in [6.07, 6.45) is 3.26. The Labute approximate surface area is 118 Å². The van der Waals surface area contributed by atoms with Gasteiger partial charge in [-0.1, -0.05) is 20.8 Å². The van der Waals surface area contributed by atoms with Gasteiger partial charge in [-0.3, -0.25) is 4.68 Å². The Bertz CT molecular complexity index is 401. The van der Waals surface area contributed by atoms with E-state index in [1.54, 1.807) is 0 Å². The average molecular weight is 265 g/mol. The van der Waals surface area contributed by atoms with E-state index in [0.717, 1.165) is 19.4 Å². The third-order valence-electron chi connectivity index (χ3n) is 3.90. The van der Waals surface area contributed by atoms with Crippen molar-refractivity contribution in [3.8, 4) is 0 Å². The van der Waals surface area contributed by atoms with Crippen LogP contribution in [0.2, 0.25) is 0 Å². The lowest BCUT2D eigenvalue weighted by Gasteiger charge is -2.33. The van der Waals surface area contributed by atoms with Crippen molar-refractivity contribution in [1.82, 2.24) is 15.1 Å². The molecule has 0 aliphatic heterocycles. The first kappa shape index (κ1) is 16.2. The molecule has 0 fully saturated rings. The Morgan fingerprint density at radius 1 is 1.21 bits per heavy atom. The van der Waals surface area contributed by atoms with E-state index in [9.17, 15) is 0 Å². The Hall–Kier alpha value is -0.830. The first-order valence-corrected chi connectivity index (χ1v) is 7.46. The van der Waals surface area contributed by atoms with Crippen molar-refractivity contribution in [2.45, 2.75) is 66.3 Å².